The van der Waals surface area contributed by atoms with Gasteiger partial charge in [0.1, 0.15) is 11.4 Å². The molecule has 0 heterocycles. The van der Waals surface area contributed by atoms with Gasteiger partial charge in [-0.1, -0.05) is 30.3 Å². The first-order valence-corrected chi connectivity index (χ1v) is 7.05. The van der Waals surface area contributed by atoms with Crippen LogP contribution in [-0.4, -0.2) is 11.5 Å². The van der Waals surface area contributed by atoms with Gasteiger partial charge in [0.25, 0.3) is 0 Å². The Labute approximate surface area is 126 Å². The molecule has 1 N–H and O–H groups in total. The molecule has 0 bridgehead atoms. The summed E-state index contributed by atoms with van der Waals surface area (Å²) in [4.78, 5) is 12.0. The van der Waals surface area contributed by atoms with Crippen molar-refractivity contribution in [3.05, 3.63) is 60.2 Å². The molecule has 0 aromatic heterocycles. The third-order valence-electron chi connectivity index (χ3n) is 2.77. The van der Waals surface area contributed by atoms with Crippen LogP contribution in [-0.2, 0) is 11.2 Å². The average molecular weight is 283 g/mol. The summed E-state index contributed by atoms with van der Waals surface area (Å²) in [6.45, 7) is 6.02. The van der Waals surface area contributed by atoms with Crippen molar-refractivity contribution in [2.75, 3.05) is 5.32 Å². The zero-order chi connectivity index (χ0) is 15.3. The van der Waals surface area contributed by atoms with Crippen molar-refractivity contribution in [2.45, 2.75) is 32.8 Å². The van der Waals surface area contributed by atoms with E-state index in [1.165, 1.54) is 0 Å². The molecule has 0 aliphatic carbocycles. The van der Waals surface area contributed by atoms with Crippen LogP contribution < -0.4 is 10.1 Å². The predicted molar refractivity (Wildman–Crippen MR) is 85.6 cm³/mol. The van der Waals surface area contributed by atoms with Gasteiger partial charge in [-0.05, 0) is 50.6 Å². The summed E-state index contributed by atoms with van der Waals surface area (Å²) in [5.74, 6) is 0.792. The lowest BCUT2D eigenvalue weighted by Crippen LogP contribution is -2.22. The third kappa shape index (κ3) is 5.30. The number of hydrogen-bond acceptors (Lipinski definition) is 2. The van der Waals surface area contributed by atoms with Crippen molar-refractivity contribution in [3.63, 3.8) is 0 Å². The molecule has 0 atom stereocenters. The van der Waals surface area contributed by atoms with Crippen molar-refractivity contribution in [1.29, 1.82) is 0 Å². The van der Waals surface area contributed by atoms with E-state index in [0.717, 1.165) is 17.0 Å². The molecule has 0 saturated carbocycles. The molecule has 0 spiro atoms. The molecule has 2 rings (SSSR count). The Morgan fingerprint density at radius 2 is 1.62 bits per heavy atom. The SMILES string of the molecule is CC(C)(C)Oc1ccc(CC(=O)Nc2ccccc2)cc1. The fraction of sp³-hybridized carbons (Fsp3) is 0.278. The molecule has 3 heteroatoms. The zero-order valence-corrected chi connectivity index (χ0v) is 12.7. The van der Waals surface area contributed by atoms with Gasteiger partial charge >= 0.3 is 0 Å². The maximum atomic E-state index is 12.0. The van der Waals surface area contributed by atoms with Crippen LogP contribution in [0.3, 0.4) is 0 Å². The molecule has 3 nitrogen and oxygen atoms in total. The molecule has 0 aliphatic rings. The first-order chi connectivity index (χ1) is 9.92. The van der Waals surface area contributed by atoms with Crippen LogP contribution in [0.15, 0.2) is 54.6 Å². The maximum absolute atomic E-state index is 12.0. The number of nitrogens with one attached hydrogen (secondary N) is 1. The Hall–Kier alpha value is -2.29. The topological polar surface area (TPSA) is 38.3 Å². The van der Waals surface area contributed by atoms with Crippen LogP contribution in [0.1, 0.15) is 26.3 Å². The van der Waals surface area contributed by atoms with Gasteiger partial charge < -0.3 is 10.1 Å². The van der Waals surface area contributed by atoms with E-state index in [9.17, 15) is 4.79 Å². The average Bonchev–Trinajstić information content (AvgIpc) is 2.40. The second kappa shape index (κ2) is 6.44. The number of rotatable bonds is 4. The number of hydrogen-bond donors (Lipinski definition) is 1. The van der Waals surface area contributed by atoms with Crippen molar-refractivity contribution in [1.82, 2.24) is 0 Å². The fourth-order valence-electron chi connectivity index (χ4n) is 1.94. The summed E-state index contributed by atoms with van der Waals surface area (Å²) in [5, 5.41) is 2.87. The van der Waals surface area contributed by atoms with Crippen LogP contribution >= 0.6 is 0 Å². The number of carbonyl (C=O) groups is 1. The number of para-hydroxylation sites is 1. The van der Waals surface area contributed by atoms with E-state index in [1.54, 1.807) is 0 Å². The molecule has 2 aromatic rings. The molecule has 1 amide bonds. The van der Waals surface area contributed by atoms with Crippen LogP contribution in [0, 0.1) is 0 Å². The minimum Gasteiger partial charge on any atom is -0.488 e. The number of anilines is 1. The van der Waals surface area contributed by atoms with E-state index < -0.39 is 0 Å². The Morgan fingerprint density at radius 3 is 2.19 bits per heavy atom. The first kappa shape index (κ1) is 15.1. The van der Waals surface area contributed by atoms with Crippen molar-refractivity contribution >= 4 is 11.6 Å². The maximum Gasteiger partial charge on any atom is 0.228 e. The molecule has 0 radical (unpaired) electrons. The Morgan fingerprint density at radius 1 is 1.00 bits per heavy atom. The summed E-state index contributed by atoms with van der Waals surface area (Å²) < 4.78 is 5.76. The largest absolute Gasteiger partial charge is 0.488 e. The van der Waals surface area contributed by atoms with Crippen molar-refractivity contribution in [2.24, 2.45) is 0 Å². The third-order valence-corrected chi connectivity index (χ3v) is 2.77. The lowest BCUT2D eigenvalue weighted by Gasteiger charge is -2.21. The monoisotopic (exact) mass is 283 g/mol. The highest BCUT2D eigenvalue weighted by atomic mass is 16.5. The van der Waals surface area contributed by atoms with Gasteiger partial charge in [-0.15, -0.1) is 0 Å². The van der Waals surface area contributed by atoms with Crippen LogP contribution in [0.5, 0.6) is 5.75 Å². The van der Waals surface area contributed by atoms with Gasteiger partial charge in [0.2, 0.25) is 5.91 Å². The molecular weight excluding hydrogens is 262 g/mol. The van der Waals surface area contributed by atoms with Crippen LogP contribution in [0.25, 0.3) is 0 Å². The molecule has 0 saturated heterocycles. The Bertz CT molecular complexity index is 583. The van der Waals surface area contributed by atoms with E-state index >= 15 is 0 Å². The standard InChI is InChI=1S/C18H21NO2/c1-18(2,3)21-16-11-9-14(10-12-16)13-17(20)19-15-7-5-4-6-8-15/h4-12H,13H2,1-3H3,(H,19,20). The number of amides is 1. The highest BCUT2D eigenvalue weighted by molar-refractivity contribution is 5.92. The van der Waals surface area contributed by atoms with Crippen molar-refractivity contribution in [3.8, 4) is 5.75 Å². The van der Waals surface area contributed by atoms with E-state index in [2.05, 4.69) is 5.32 Å². The molecule has 21 heavy (non-hydrogen) atoms. The Kier molecular flexibility index (Phi) is 4.63. The number of ether oxygens (including phenoxy) is 1. The summed E-state index contributed by atoms with van der Waals surface area (Å²) in [6, 6.07) is 17.1. The van der Waals surface area contributed by atoms with E-state index in [0.29, 0.717) is 6.42 Å². The molecular formula is C18H21NO2. The van der Waals surface area contributed by atoms with Gasteiger partial charge in [-0.2, -0.15) is 0 Å². The van der Waals surface area contributed by atoms with E-state index in [-0.39, 0.29) is 11.5 Å². The number of carbonyl (C=O) groups excluding carboxylic acids is 1. The van der Waals surface area contributed by atoms with Gasteiger partial charge in [0, 0.05) is 5.69 Å². The molecule has 110 valence electrons. The molecule has 0 unspecified atom stereocenters. The van der Waals surface area contributed by atoms with Crippen LogP contribution in [0.2, 0.25) is 0 Å². The van der Waals surface area contributed by atoms with Gasteiger partial charge in [0.15, 0.2) is 0 Å². The van der Waals surface area contributed by atoms with Crippen molar-refractivity contribution < 1.29 is 9.53 Å². The first-order valence-electron chi connectivity index (χ1n) is 7.05. The normalized spacial score (nSPS) is 11.0. The second-order valence-electron chi connectivity index (χ2n) is 5.95. The quantitative estimate of drug-likeness (QED) is 0.919. The highest BCUT2D eigenvalue weighted by Gasteiger charge is 2.11. The number of benzene rings is 2. The van der Waals surface area contributed by atoms with E-state index in [1.807, 2.05) is 75.4 Å². The Balaban J connectivity index is 1.92. The molecule has 2 aromatic carbocycles. The lowest BCUT2D eigenvalue weighted by atomic mass is 10.1. The van der Waals surface area contributed by atoms with Gasteiger partial charge in [-0.25, -0.2) is 0 Å². The zero-order valence-electron chi connectivity index (χ0n) is 12.7. The highest BCUT2D eigenvalue weighted by Crippen LogP contribution is 2.18. The molecule has 0 fully saturated rings. The second-order valence-corrected chi connectivity index (χ2v) is 5.95. The molecule has 0 aliphatic heterocycles. The van der Waals surface area contributed by atoms with Gasteiger partial charge in [-0.3, -0.25) is 4.79 Å². The summed E-state index contributed by atoms with van der Waals surface area (Å²) >= 11 is 0. The van der Waals surface area contributed by atoms with E-state index in [4.69, 9.17) is 4.74 Å². The summed E-state index contributed by atoms with van der Waals surface area (Å²) in [7, 11) is 0. The summed E-state index contributed by atoms with van der Waals surface area (Å²) in [5.41, 5.74) is 1.56. The fourth-order valence-corrected chi connectivity index (χ4v) is 1.94. The lowest BCUT2D eigenvalue weighted by molar-refractivity contribution is -0.115. The summed E-state index contributed by atoms with van der Waals surface area (Å²) in [6.07, 6.45) is 0.352. The minimum atomic E-state index is -0.216. The van der Waals surface area contributed by atoms with Crippen LogP contribution in [0.4, 0.5) is 5.69 Å². The minimum absolute atomic E-state index is 0.0225. The predicted octanol–water partition coefficient (Wildman–Crippen LogP) is 4.05. The smallest absolute Gasteiger partial charge is 0.228 e. The van der Waals surface area contributed by atoms with Gasteiger partial charge in [0.05, 0.1) is 6.42 Å².